The largest absolute Gasteiger partial charge is 0.492 e. The summed E-state index contributed by atoms with van der Waals surface area (Å²) in [5, 5.41) is 3.37. The molecule has 0 radical (unpaired) electrons. The molecule has 100 valence electrons. The number of nitrogens with one attached hydrogen (secondary N) is 1. The maximum Gasteiger partial charge on any atom is 0.119 e. The monoisotopic (exact) mass is 319 g/mol. The predicted octanol–water partition coefficient (Wildman–Crippen LogP) is 3.93. The molecule has 0 aromatic heterocycles. The Hall–Kier alpha value is -1.32. The van der Waals surface area contributed by atoms with Gasteiger partial charge in [-0.1, -0.05) is 46.3 Å². The zero-order valence-corrected chi connectivity index (χ0v) is 12.6. The molecule has 0 atom stereocenters. The van der Waals surface area contributed by atoms with E-state index in [2.05, 4.69) is 46.4 Å². The Morgan fingerprint density at radius 3 is 2.74 bits per heavy atom. The lowest BCUT2D eigenvalue weighted by Gasteiger charge is -2.09. The number of hydrogen-bond donors (Lipinski definition) is 1. The molecule has 0 aliphatic heterocycles. The van der Waals surface area contributed by atoms with E-state index in [9.17, 15) is 0 Å². The van der Waals surface area contributed by atoms with Crippen molar-refractivity contribution in [3.63, 3.8) is 0 Å². The molecule has 0 aliphatic carbocycles. The SMILES string of the molecule is Cc1cccc(OCCNCc2ccccc2Br)c1. The summed E-state index contributed by atoms with van der Waals surface area (Å²) in [5.74, 6) is 0.933. The predicted molar refractivity (Wildman–Crippen MR) is 82.5 cm³/mol. The molecular weight excluding hydrogens is 302 g/mol. The Bertz CT molecular complexity index is 528. The first-order valence-corrected chi connectivity index (χ1v) is 7.18. The highest BCUT2D eigenvalue weighted by molar-refractivity contribution is 9.10. The van der Waals surface area contributed by atoms with Gasteiger partial charge in [0.15, 0.2) is 0 Å². The number of hydrogen-bond acceptors (Lipinski definition) is 2. The minimum atomic E-state index is 0.675. The maximum absolute atomic E-state index is 5.68. The van der Waals surface area contributed by atoms with Crippen LogP contribution in [0.15, 0.2) is 53.0 Å². The minimum Gasteiger partial charge on any atom is -0.492 e. The molecule has 0 bridgehead atoms. The quantitative estimate of drug-likeness (QED) is 0.815. The molecule has 0 aliphatic rings. The van der Waals surface area contributed by atoms with Crippen molar-refractivity contribution in [1.29, 1.82) is 0 Å². The van der Waals surface area contributed by atoms with E-state index in [1.807, 2.05) is 30.3 Å². The fourth-order valence-electron chi connectivity index (χ4n) is 1.81. The van der Waals surface area contributed by atoms with Crippen molar-refractivity contribution >= 4 is 15.9 Å². The first kappa shape index (κ1) is 14.1. The highest BCUT2D eigenvalue weighted by atomic mass is 79.9. The van der Waals surface area contributed by atoms with Crippen LogP contribution in [0.5, 0.6) is 5.75 Å². The van der Waals surface area contributed by atoms with E-state index in [0.717, 1.165) is 23.3 Å². The highest BCUT2D eigenvalue weighted by Gasteiger charge is 1.98. The fraction of sp³-hybridized carbons (Fsp3) is 0.250. The van der Waals surface area contributed by atoms with Gasteiger partial charge in [0.2, 0.25) is 0 Å². The topological polar surface area (TPSA) is 21.3 Å². The van der Waals surface area contributed by atoms with Crippen LogP contribution in [-0.4, -0.2) is 13.2 Å². The van der Waals surface area contributed by atoms with Gasteiger partial charge >= 0.3 is 0 Å². The average Bonchev–Trinajstić information content (AvgIpc) is 2.40. The van der Waals surface area contributed by atoms with Crippen molar-refractivity contribution in [2.45, 2.75) is 13.5 Å². The van der Waals surface area contributed by atoms with Crippen LogP contribution in [0.3, 0.4) is 0 Å². The Labute approximate surface area is 122 Å². The lowest BCUT2D eigenvalue weighted by molar-refractivity contribution is 0.313. The van der Waals surface area contributed by atoms with E-state index in [4.69, 9.17) is 4.74 Å². The van der Waals surface area contributed by atoms with E-state index in [1.54, 1.807) is 0 Å². The lowest BCUT2D eigenvalue weighted by Crippen LogP contribution is -2.20. The van der Waals surface area contributed by atoms with Gasteiger partial charge in [-0.05, 0) is 36.2 Å². The second-order valence-electron chi connectivity index (χ2n) is 4.43. The summed E-state index contributed by atoms with van der Waals surface area (Å²) in [6.45, 7) is 4.42. The van der Waals surface area contributed by atoms with Gasteiger partial charge in [0.25, 0.3) is 0 Å². The molecule has 2 aromatic carbocycles. The van der Waals surface area contributed by atoms with Crippen molar-refractivity contribution in [2.24, 2.45) is 0 Å². The number of halogens is 1. The van der Waals surface area contributed by atoms with Crippen molar-refractivity contribution in [2.75, 3.05) is 13.2 Å². The van der Waals surface area contributed by atoms with E-state index in [-0.39, 0.29) is 0 Å². The maximum atomic E-state index is 5.68. The van der Waals surface area contributed by atoms with Gasteiger partial charge in [-0.25, -0.2) is 0 Å². The zero-order chi connectivity index (χ0) is 13.5. The Kier molecular flexibility index (Phi) is 5.43. The van der Waals surface area contributed by atoms with E-state index < -0.39 is 0 Å². The summed E-state index contributed by atoms with van der Waals surface area (Å²) < 4.78 is 6.82. The molecule has 2 aromatic rings. The number of rotatable bonds is 6. The molecular formula is C16H18BrNO. The number of aryl methyl sites for hydroxylation is 1. The van der Waals surface area contributed by atoms with Crippen LogP contribution in [0, 0.1) is 6.92 Å². The molecule has 2 nitrogen and oxygen atoms in total. The first-order chi connectivity index (χ1) is 9.25. The van der Waals surface area contributed by atoms with E-state index in [1.165, 1.54) is 11.1 Å². The summed E-state index contributed by atoms with van der Waals surface area (Å²) >= 11 is 3.54. The molecule has 0 saturated carbocycles. The second-order valence-corrected chi connectivity index (χ2v) is 5.29. The first-order valence-electron chi connectivity index (χ1n) is 6.39. The lowest BCUT2D eigenvalue weighted by atomic mass is 10.2. The molecule has 0 saturated heterocycles. The Balaban J connectivity index is 1.69. The average molecular weight is 320 g/mol. The van der Waals surface area contributed by atoms with E-state index in [0.29, 0.717) is 6.61 Å². The number of ether oxygens (including phenoxy) is 1. The van der Waals surface area contributed by atoms with Crippen LogP contribution >= 0.6 is 15.9 Å². The minimum absolute atomic E-state index is 0.675. The van der Waals surface area contributed by atoms with Crippen molar-refractivity contribution in [3.05, 3.63) is 64.1 Å². The summed E-state index contributed by atoms with van der Waals surface area (Å²) in [6, 6.07) is 16.4. The normalized spacial score (nSPS) is 10.4. The molecule has 19 heavy (non-hydrogen) atoms. The molecule has 1 N–H and O–H groups in total. The van der Waals surface area contributed by atoms with Crippen molar-refractivity contribution < 1.29 is 4.74 Å². The molecule has 0 heterocycles. The van der Waals surface area contributed by atoms with Crippen LogP contribution in [0.1, 0.15) is 11.1 Å². The summed E-state index contributed by atoms with van der Waals surface area (Å²) in [4.78, 5) is 0. The number of benzene rings is 2. The van der Waals surface area contributed by atoms with E-state index >= 15 is 0 Å². The van der Waals surface area contributed by atoms with Gasteiger partial charge in [-0.3, -0.25) is 0 Å². The molecule has 3 heteroatoms. The molecule has 0 fully saturated rings. The van der Waals surface area contributed by atoms with Crippen LogP contribution in [0.25, 0.3) is 0 Å². The zero-order valence-electron chi connectivity index (χ0n) is 11.0. The van der Waals surface area contributed by atoms with Crippen LogP contribution < -0.4 is 10.1 Å². The standard InChI is InChI=1S/C16H18BrNO/c1-13-5-4-7-15(11-13)19-10-9-18-12-14-6-2-3-8-16(14)17/h2-8,11,18H,9-10,12H2,1H3. The second kappa shape index (κ2) is 7.31. The third kappa shape index (κ3) is 4.69. The van der Waals surface area contributed by atoms with Gasteiger partial charge in [-0.2, -0.15) is 0 Å². The molecule has 0 amide bonds. The van der Waals surface area contributed by atoms with Crippen molar-refractivity contribution in [1.82, 2.24) is 5.32 Å². The summed E-state index contributed by atoms with van der Waals surface area (Å²) in [6.07, 6.45) is 0. The smallest absolute Gasteiger partial charge is 0.119 e. The fourth-order valence-corrected chi connectivity index (χ4v) is 2.24. The Morgan fingerprint density at radius 1 is 1.11 bits per heavy atom. The third-order valence-electron chi connectivity index (χ3n) is 2.81. The van der Waals surface area contributed by atoms with Gasteiger partial charge in [0.1, 0.15) is 12.4 Å². The summed E-state index contributed by atoms with van der Waals surface area (Å²) in [5.41, 5.74) is 2.48. The van der Waals surface area contributed by atoms with Crippen LogP contribution in [0.4, 0.5) is 0 Å². The van der Waals surface area contributed by atoms with Gasteiger partial charge in [0.05, 0.1) is 0 Å². The molecule has 0 unspecified atom stereocenters. The molecule has 0 spiro atoms. The van der Waals surface area contributed by atoms with Crippen molar-refractivity contribution in [3.8, 4) is 5.75 Å². The van der Waals surface area contributed by atoms with Crippen LogP contribution in [-0.2, 0) is 6.54 Å². The molecule has 2 rings (SSSR count). The Morgan fingerprint density at radius 2 is 1.95 bits per heavy atom. The van der Waals surface area contributed by atoms with Crippen LogP contribution in [0.2, 0.25) is 0 Å². The van der Waals surface area contributed by atoms with Gasteiger partial charge < -0.3 is 10.1 Å². The highest BCUT2D eigenvalue weighted by Crippen LogP contribution is 2.15. The van der Waals surface area contributed by atoms with Gasteiger partial charge in [-0.15, -0.1) is 0 Å². The summed E-state index contributed by atoms with van der Waals surface area (Å²) in [7, 11) is 0. The third-order valence-corrected chi connectivity index (χ3v) is 3.58. The van der Waals surface area contributed by atoms with Gasteiger partial charge in [0, 0.05) is 17.6 Å².